The predicted octanol–water partition coefficient (Wildman–Crippen LogP) is 1.59. The Kier molecular flexibility index (Phi) is 3.15. The van der Waals surface area contributed by atoms with Crippen molar-refractivity contribution in [2.24, 2.45) is 0 Å². The highest BCUT2D eigenvalue weighted by Gasteiger charge is 2.32. The van der Waals surface area contributed by atoms with Crippen molar-refractivity contribution in [2.45, 2.75) is 39.5 Å². The lowest BCUT2D eigenvalue weighted by molar-refractivity contribution is -0.116. The summed E-state index contributed by atoms with van der Waals surface area (Å²) in [5.74, 6) is 0. The first-order valence-electron chi connectivity index (χ1n) is 4.87. The first kappa shape index (κ1) is 11.4. The molecule has 1 atom stereocenters. The van der Waals surface area contributed by atoms with Crippen LogP contribution in [0.3, 0.4) is 0 Å². The van der Waals surface area contributed by atoms with E-state index in [1.807, 2.05) is 27.7 Å². The van der Waals surface area contributed by atoms with Crippen molar-refractivity contribution in [3.05, 3.63) is 15.6 Å². The van der Waals surface area contributed by atoms with E-state index < -0.39 is 0 Å². The van der Waals surface area contributed by atoms with E-state index >= 15 is 0 Å². The molecule has 0 fully saturated rings. The molecule has 4 heteroatoms. The zero-order valence-electron chi connectivity index (χ0n) is 9.47. The minimum Gasteiger partial charge on any atom is -0.311 e. The lowest BCUT2D eigenvalue weighted by Crippen LogP contribution is -2.31. The summed E-state index contributed by atoms with van der Waals surface area (Å²) in [6.07, 6.45) is 0.814. The number of nitrogens with zero attached hydrogens (tertiary/aromatic N) is 1. The van der Waals surface area contributed by atoms with Gasteiger partial charge in [-0.25, -0.2) is 4.98 Å². The fraction of sp³-hybridized carbons (Fsp3) is 0.600. The van der Waals surface area contributed by atoms with Crippen LogP contribution in [0.25, 0.3) is 0 Å². The first-order valence-corrected chi connectivity index (χ1v) is 5.69. The van der Waals surface area contributed by atoms with Gasteiger partial charge < -0.3 is 4.79 Å². The molecule has 0 aliphatic heterocycles. The molecule has 1 aromatic rings. The van der Waals surface area contributed by atoms with E-state index in [1.54, 1.807) is 19.2 Å². The van der Waals surface area contributed by atoms with Crippen molar-refractivity contribution in [1.29, 1.82) is 0 Å². The van der Waals surface area contributed by atoms with Gasteiger partial charge in [0.05, 0.1) is 16.8 Å². The molecule has 0 aliphatic carbocycles. The Labute approximate surface area is 90.2 Å². The number of carbonyl (C=O) groups is 1. The van der Waals surface area contributed by atoms with E-state index in [4.69, 9.17) is 0 Å². The Morgan fingerprint density at radius 1 is 1.57 bits per heavy atom. The number of aromatic nitrogens is 1. The Hall–Kier alpha value is -0.635. The van der Waals surface area contributed by atoms with Crippen molar-refractivity contribution in [3.8, 4) is 0 Å². The highest BCUT2D eigenvalue weighted by atomic mass is 32.1. The Bertz CT molecular complexity index is 342. The summed E-state index contributed by atoms with van der Waals surface area (Å²) >= 11 is 1.64. The summed E-state index contributed by atoms with van der Waals surface area (Å²) in [6, 6.07) is 0. The van der Waals surface area contributed by atoms with Gasteiger partial charge in [-0.1, -0.05) is 6.92 Å². The van der Waals surface area contributed by atoms with E-state index in [0.29, 0.717) is 0 Å². The van der Waals surface area contributed by atoms with Gasteiger partial charge in [0.15, 0.2) is 7.85 Å². The zero-order valence-corrected chi connectivity index (χ0v) is 10.3. The molecule has 2 nitrogen and oxygen atoms in total. The summed E-state index contributed by atoms with van der Waals surface area (Å²) in [4.78, 5) is 17.3. The van der Waals surface area contributed by atoms with Crippen molar-refractivity contribution < 1.29 is 4.79 Å². The SMILES string of the molecule is BC(=O)C(C)(CC)c1nc(C)c(C)s1. The van der Waals surface area contributed by atoms with Crippen LogP contribution < -0.4 is 0 Å². The maximum atomic E-state index is 11.6. The molecule has 1 unspecified atom stereocenters. The predicted molar refractivity (Wildman–Crippen MR) is 62.8 cm³/mol. The summed E-state index contributed by atoms with van der Waals surface area (Å²) in [7, 11) is 1.65. The fourth-order valence-electron chi connectivity index (χ4n) is 1.26. The molecule has 1 aromatic heterocycles. The van der Waals surface area contributed by atoms with Crippen LogP contribution in [-0.2, 0) is 10.2 Å². The van der Waals surface area contributed by atoms with E-state index in [-0.39, 0.29) is 11.1 Å². The van der Waals surface area contributed by atoms with Crippen LogP contribution in [0.5, 0.6) is 0 Å². The van der Waals surface area contributed by atoms with Crippen LogP contribution in [0.1, 0.15) is 35.8 Å². The third-order valence-corrected chi connectivity index (χ3v) is 4.32. The van der Waals surface area contributed by atoms with Gasteiger partial charge in [-0.2, -0.15) is 0 Å². The van der Waals surface area contributed by atoms with Crippen molar-refractivity contribution >= 4 is 24.9 Å². The molecule has 0 bridgehead atoms. The summed E-state index contributed by atoms with van der Waals surface area (Å²) in [6.45, 7) is 8.05. The van der Waals surface area contributed by atoms with Crippen LogP contribution in [-0.4, -0.2) is 18.5 Å². The molecule has 0 radical (unpaired) electrons. The minimum atomic E-state index is -0.385. The maximum absolute atomic E-state index is 11.6. The van der Waals surface area contributed by atoms with Gasteiger partial charge in [-0.15, -0.1) is 11.3 Å². The van der Waals surface area contributed by atoms with E-state index in [1.165, 1.54) is 4.88 Å². The molecular weight excluding hydrogens is 193 g/mol. The average Bonchev–Trinajstić information content (AvgIpc) is 2.45. The normalized spacial score (nSPS) is 15.1. The Balaban J connectivity index is 3.19. The smallest absolute Gasteiger partial charge is 0.188 e. The average molecular weight is 209 g/mol. The van der Waals surface area contributed by atoms with E-state index in [9.17, 15) is 4.79 Å². The molecular formula is C10H16BNOS. The fourth-order valence-corrected chi connectivity index (χ4v) is 2.44. The lowest BCUT2D eigenvalue weighted by Gasteiger charge is -2.22. The number of carbonyl (C=O) groups excluding carboxylic acids is 1. The Morgan fingerprint density at radius 3 is 2.43 bits per heavy atom. The van der Waals surface area contributed by atoms with Gasteiger partial charge in [0, 0.05) is 4.88 Å². The highest BCUT2D eigenvalue weighted by molar-refractivity contribution is 7.12. The van der Waals surface area contributed by atoms with Crippen LogP contribution >= 0.6 is 11.3 Å². The highest BCUT2D eigenvalue weighted by Crippen LogP contribution is 2.32. The van der Waals surface area contributed by atoms with E-state index in [0.717, 1.165) is 17.1 Å². The number of aryl methyl sites for hydroxylation is 2. The lowest BCUT2D eigenvalue weighted by atomic mass is 9.74. The molecule has 1 heterocycles. The van der Waals surface area contributed by atoms with Crippen LogP contribution in [0.2, 0.25) is 0 Å². The molecule has 0 aromatic carbocycles. The Morgan fingerprint density at radius 2 is 2.14 bits per heavy atom. The second-order valence-corrected chi connectivity index (χ2v) is 5.11. The third-order valence-electron chi connectivity index (χ3n) is 2.98. The molecule has 0 saturated heterocycles. The standard InChI is InChI=1S/C10H16BNOS/c1-5-10(4,8(11)13)9-12-6(2)7(3)14-9/h5,11H2,1-4H3. The van der Waals surface area contributed by atoms with E-state index in [2.05, 4.69) is 4.98 Å². The monoisotopic (exact) mass is 209 g/mol. The van der Waals surface area contributed by atoms with Gasteiger partial charge >= 0.3 is 0 Å². The number of hydrogen-bond donors (Lipinski definition) is 0. The molecule has 0 saturated carbocycles. The quantitative estimate of drug-likeness (QED) is 0.707. The molecule has 14 heavy (non-hydrogen) atoms. The van der Waals surface area contributed by atoms with Gasteiger partial charge in [0.25, 0.3) is 0 Å². The van der Waals surface area contributed by atoms with Crippen molar-refractivity contribution in [2.75, 3.05) is 0 Å². The molecule has 0 aliphatic rings. The van der Waals surface area contributed by atoms with Gasteiger partial charge in [0.1, 0.15) is 5.01 Å². The molecule has 76 valence electrons. The number of rotatable bonds is 3. The van der Waals surface area contributed by atoms with Crippen molar-refractivity contribution in [3.63, 3.8) is 0 Å². The third kappa shape index (κ3) is 1.76. The van der Waals surface area contributed by atoms with Gasteiger partial charge in [-0.3, -0.25) is 0 Å². The second kappa shape index (κ2) is 3.85. The van der Waals surface area contributed by atoms with Crippen LogP contribution in [0.15, 0.2) is 0 Å². The van der Waals surface area contributed by atoms with Gasteiger partial charge in [0.2, 0.25) is 0 Å². The summed E-state index contributed by atoms with van der Waals surface area (Å²) in [5.41, 5.74) is 0.864. The zero-order chi connectivity index (χ0) is 10.9. The topological polar surface area (TPSA) is 30.0 Å². The first-order chi connectivity index (χ1) is 6.41. The number of hydrogen-bond acceptors (Lipinski definition) is 3. The molecule has 0 spiro atoms. The second-order valence-electron chi connectivity index (χ2n) is 3.90. The number of thiazole rings is 1. The van der Waals surface area contributed by atoms with Crippen molar-refractivity contribution in [1.82, 2.24) is 4.98 Å². The largest absolute Gasteiger partial charge is 0.311 e. The minimum absolute atomic E-state index is 0.203. The molecule has 0 amide bonds. The summed E-state index contributed by atoms with van der Waals surface area (Å²) < 4.78 is 0. The molecule has 1 rings (SSSR count). The summed E-state index contributed by atoms with van der Waals surface area (Å²) in [5, 5.41) is 0.961. The molecule has 0 N–H and O–H groups in total. The van der Waals surface area contributed by atoms with Gasteiger partial charge in [-0.05, 0) is 27.2 Å². The maximum Gasteiger partial charge on any atom is 0.188 e. The van der Waals surface area contributed by atoms with Crippen LogP contribution in [0, 0.1) is 13.8 Å². The van der Waals surface area contributed by atoms with Crippen LogP contribution in [0.4, 0.5) is 0 Å².